The minimum absolute atomic E-state index is 0.246. The Balaban J connectivity index is 2.49. The molecule has 1 amide bonds. The molecule has 0 spiro atoms. The molecule has 0 saturated carbocycles. The van der Waals surface area contributed by atoms with Crippen LogP contribution in [-0.4, -0.2) is 38.1 Å². The Morgan fingerprint density at radius 1 is 1.67 bits per heavy atom. The van der Waals surface area contributed by atoms with Gasteiger partial charge in [-0.25, -0.2) is 0 Å². The number of carbonyl (C=O) groups is 1. The molecule has 2 unspecified atom stereocenters. The van der Waals surface area contributed by atoms with Crippen molar-refractivity contribution in [2.45, 2.75) is 13.3 Å². The largest absolute Gasteiger partial charge is 0.384 e. The number of hydrogen-bond donors (Lipinski definition) is 0. The van der Waals surface area contributed by atoms with E-state index < -0.39 is 0 Å². The van der Waals surface area contributed by atoms with Gasteiger partial charge in [0, 0.05) is 33.7 Å². The smallest absolute Gasteiger partial charge is 0.222 e. The zero-order valence-corrected chi connectivity index (χ0v) is 8.04. The fourth-order valence-corrected chi connectivity index (χ4v) is 1.70. The van der Waals surface area contributed by atoms with Crippen LogP contribution < -0.4 is 0 Å². The normalized spacial score (nSPS) is 30.9. The van der Waals surface area contributed by atoms with E-state index in [-0.39, 0.29) is 5.91 Å². The number of methoxy groups -OCH3 is 1. The molecule has 3 heteroatoms. The van der Waals surface area contributed by atoms with Crippen LogP contribution in [0.1, 0.15) is 13.3 Å². The highest BCUT2D eigenvalue weighted by Gasteiger charge is 2.28. The van der Waals surface area contributed by atoms with Gasteiger partial charge in [-0.3, -0.25) is 4.79 Å². The van der Waals surface area contributed by atoms with Gasteiger partial charge in [-0.1, -0.05) is 6.92 Å². The second kappa shape index (κ2) is 3.90. The molecule has 1 saturated heterocycles. The van der Waals surface area contributed by atoms with E-state index in [1.165, 1.54) is 0 Å². The van der Waals surface area contributed by atoms with Gasteiger partial charge in [-0.2, -0.15) is 0 Å². The predicted octanol–water partition coefficient (Wildman–Crippen LogP) is 0.747. The highest BCUT2D eigenvalue weighted by atomic mass is 16.5. The number of nitrogens with zero attached hydrogens (tertiary/aromatic N) is 1. The van der Waals surface area contributed by atoms with Crippen LogP contribution in [0.3, 0.4) is 0 Å². The summed E-state index contributed by atoms with van der Waals surface area (Å²) >= 11 is 0. The third-order valence-corrected chi connectivity index (χ3v) is 2.61. The Labute approximate surface area is 73.7 Å². The monoisotopic (exact) mass is 171 g/mol. The molecular formula is C9H17NO2. The van der Waals surface area contributed by atoms with Crippen molar-refractivity contribution in [3.8, 4) is 0 Å². The van der Waals surface area contributed by atoms with E-state index in [2.05, 4.69) is 6.92 Å². The molecule has 1 heterocycles. The summed E-state index contributed by atoms with van der Waals surface area (Å²) in [6.45, 7) is 3.75. The molecule has 0 aromatic heterocycles. The topological polar surface area (TPSA) is 29.5 Å². The molecule has 1 aliphatic heterocycles. The highest BCUT2D eigenvalue weighted by molar-refractivity contribution is 5.77. The first-order valence-electron chi connectivity index (χ1n) is 4.38. The lowest BCUT2D eigenvalue weighted by atomic mass is 9.87. The summed E-state index contributed by atoms with van der Waals surface area (Å²) in [6.07, 6.45) is 0.644. The van der Waals surface area contributed by atoms with Crippen LogP contribution >= 0.6 is 0 Å². The van der Waals surface area contributed by atoms with Crippen LogP contribution in [0.25, 0.3) is 0 Å². The second-order valence-corrected chi connectivity index (χ2v) is 3.67. The van der Waals surface area contributed by atoms with E-state index in [1.807, 2.05) is 7.05 Å². The average Bonchev–Trinajstić information content (AvgIpc) is 2.01. The summed E-state index contributed by atoms with van der Waals surface area (Å²) in [5.74, 6) is 1.22. The lowest BCUT2D eigenvalue weighted by Gasteiger charge is -2.33. The van der Waals surface area contributed by atoms with Crippen molar-refractivity contribution in [2.75, 3.05) is 27.3 Å². The van der Waals surface area contributed by atoms with Crippen molar-refractivity contribution in [1.82, 2.24) is 4.90 Å². The van der Waals surface area contributed by atoms with E-state index >= 15 is 0 Å². The Hall–Kier alpha value is -0.570. The molecular weight excluding hydrogens is 154 g/mol. The van der Waals surface area contributed by atoms with Crippen LogP contribution in [0.15, 0.2) is 0 Å². The maximum Gasteiger partial charge on any atom is 0.222 e. The van der Waals surface area contributed by atoms with Gasteiger partial charge >= 0.3 is 0 Å². The van der Waals surface area contributed by atoms with Crippen molar-refractivity contribution in [3.05, 3.63) is 0 Å². The molecule has 0 aliphatic carbocycles. The number of ether oxygens (including phenoxy) is 1. The number of rotatable bonds is 2. The summed E-state index contributed by atoms with van der Waals surface area (Å²) in [4.78, 5) is 13.1. The lowest BCUT2D eigenvalue weighted by molar-refractivity contribution is -0.136. The lowest BCUT2D eigenvalue weighted by Crippen LogP contribution is -2.42. The molecule has 70 valence electrons. The molecule has 3 nitrogen and oxygen atoms in total. The maximum absolute atomic E-state index is 11.3. The fourth-order valence-electron chi connectivity index (χ4n) is 1.70. The fraction of sp³-hybridized carbons (Fsp3) is 0.889. The predicted molar refractivity (Wildman–Crippen MR) is 46.8 cm³/mol. The van der Waals surface area contributed by atoms with E-state index in [9.17, 15) is 4.79 Å². The van der Waals surface area contributed by atoms with Gasteiger partial charge < -0.3 is 9.64 Å². The van der Waals surface area contributed by atoms with Crippen LogP contribution in [-0.2, 0) is 9.53 Å². The Morgan fingerprint density at radius 3 is 2.92 bits per heavy atom. The second-order valence-electron chi connectivity index (χ2n) is 3.67. The third-order valence-electron chi connectivity index (χ3n) is 2.61. The molecule has 0 radical (unpaired) electrons. The standard InChI is InChI=1S/C9H17NO2/c1-7-5-10(2)9(11)4-8(7)6-12-3/h7-8H,4-6H2,1-3H3. The Kier molecular flexibility index (Phi) is 3.09. The number of likely N-dealkylation sites (tertiary alicyclic amines) is 1. The first-order valence-corrected chi connectivity index (χ1v) is 4.38. The van der Waals surface area contributed by atoms with E-state index in [1.54, 1.807) is 12.0 Å². The van der Waals surface area contributed by atoms with Gasteiger partial charge in [0.1, 0.15) is 0 Å². The minimum atomic E-state index is 0.246. The molecule has 1 rings (SSSR count). The van der Waals surface area contributed by atoms with Crippen LogP contribution in [0.5, 0.6) is 0 Å². The van der Waals surface area contributed by atoms with Crippen molar-refractivity contribution in [3.63, 3.8) is 0 Å². The van der Waals surface area contributed by atoms with Crippen LogP contribution in [0.2, 0.25) is 0 Å². The van der Waals surface area contributed by atoms with Crippen LogP contribution in [0.4, 0.5) is 0 Å². The molecule has 0 aromatic rings. The number of piperidine rings is 1. The quantitative estimate of drug-likeness (QED) is 0.613. The molecule has 1 fully saturated rings. The van der Waals surface area contributed by atoms with E-state index in [4.69, 9.17) is 4.74 Å². The SMILES string of the molecule is COCC1CC(=O)N(C)CC1C. The number of hydrogen-bond acceptors (Lipinski definition) is 2. The van der Waals surface area contributed by atoms with Gasteiger partial charge in [0.2, 0.25) is 5.91 Å². The Morgan fingerprint density at radius 2 is 2.33 bits per heavy atom. The molecule has 0 bridgehead atoms. The highest BCUT2D eigenvalue weighted by Crippen LogP contribution is 2.23. The van der Waals surface area contributed by atoms with Crippen LogP contribution in [0, 0.1) is 11.8 Å². The average molecular weight is 171 g/mol. The molecule has 0 N–H and O–H groups in total. The van der Waals surface area contributed by atoms with E-state index in [0.29, 0.717) is 24.9 Å². The number of carbonyl (C=O) groups excluding carboxylic acids is 1. The molecule has 1 aliphatic rings. The van der Waals surface area contributed by atoms with Gasteiger partial charge in [0.05, 0.1) is 0 Å². The summed E-state index contributed by atoms with van der Waals surface area (Å²) in [5, 5.41) is 0. The van der Waals surface area contributed by atoms with Gasteiger partial charge in [-0.05, 0) is 11.8 Å². The maximum atomic E-state index is 11.3. The molecule has 0 aromatic carbocycles. The minimum Gasteiger partial charge on any atom is -0.384 e. The van der Waals surface area contributed by atoms with Gasteiger partial charge in [0.25, 0.3) is 0 Å². The van der Waals surface area contributed by atoms with E-state index in [0.717, 1.165) is 6.54 Å². The summed E-state index contributed by atoms with van der Waals surface area (Å²) < 4.78 is 5.06. The Bertz CT molecular complexity index is 170. The first kappa shape index (κ1) is 9.52. The molecule has 2 atom stereocenters. The first-order chi connectivity index (χ1) is 5.65. The van der Waals surface area contributed by atoms with Crippen molar-refractivity contribution in [1.29, 1.82) is 0 Å². The van der Waals surface area contributed by atoms with Crippen molar-refractivity contribution < 1.29 is 9.53 Å². The third kappa shape index (κ3) is 1.97. The summed E-state index contributed by atoms with van der Waals surface area (Å²) in [5.41, 5.74) is 0. The summed E-state index contributed by atoms with van der Waals surface area (Å²) in [6, 6.07) is 0. The van der Waals surface area contributed by atoms with Crippen molar-refractivity contribution in [2.24, 2.45) is 11.8 Å². The zero-order chi connectivity index (χ0) is 9.14. The number of amides is 1. The summed E-state index contributed by atoms with van der Waals surface area (Å²) in [7, 11) is 3.55. The van der Waals surface area contributed by atoms with Gasteiger partial charge in [-0.15, -0.1) is 0 Å². The molecule has 12 heavy (non-hydrogen) atoms. The van der Waals surface area contributed by atoms with Gasteiger partial charge in [0.15, 0.2) is 0 Å². The zero-order valence-electron chi connectivity index (χ0n) is 8.04. The van der Waals surface area contributed by atoms with Crippen molar-refractivity contribution >= 4 is 5.91 Å².